The Morgan fingerprint density at radius 1 is 1.33 bits per heavy atom. The summed E-state index contributed by atoms with van der Waals surface area (Å²) in [4.78, 5) is 5.47. The van der Waals surface area contributed by atoms with Crippen LogP contribution in [0.5, 0.6) is 5.75 Å². The van der Waals surface area contributed by atoms with Gasteiger partial charge in [-0.3, -0.25) is 4.72 Å². The van der Waals surface area contributed by atoms with Gasteiger partial charge in [-0.25, -0.2) is 13.4 Å². The van der Waals surface area contributed by atoms with Gasteiger partial charge in [0, 0.05) is 4.88 Å². The summed E-state index contributed by atoms with van der Waals surface area (Å²) in [6, 6.07) is 4.98. The first-order chi connectivity index (χ1) is 9.95. The van der Waals surface area contributed by atoms with Crippen LogP contribution in [0.2, 0.25) is 0 Å². The first-order valence-electron chi connectivity index (χ1n) is 6.68. The predicted molar refractivity (Wildman–Crippen MR) is 82.7 cm³/mol. The van der Waals surface area contributed by atoms with Crippen LogP contribution >= 0.6 is 11.3 Å². The molecule has 0 atom stereocenters. The van der Waals surface area contributed by atoms with Crippen LogP contribution in [0.15, 0.2) is 23.1 Å². The molecule has 7 heteroatoms. The SMILES string of the molecule is Cc1nc(NS(=O)(=O)c2ccc3c(c2)CCCO3)sc1C. The number of rotatable bonds is 3. The second kappa shape index (κ2) is 5.31. The maximum Gasteiger partial charge on any atom is 0.263 e. The molecule has 0 radical (unpaired) electrons. The lowest BCUT2D eigenvalue weighted by Gasteiger charge is -2.17. The number of hydrogen-bond acceptors (Lipinski definition) is 5. The van der Waals surface area contributed by atoms with E-state index in [9.17, 15) is 8.42 Å². The smallest absolute Gasteiger partial charge is 0.263 e. The molecular formula is C14H16N2O3S2. The molecule has 2 aromatic rings. The highest BCUT2D eigenvalue weighted by Crippen LogP contribution is 2.29. The van der Waals surface area contributed by atoms with Crippen LogP contribution in [0.4, 0.5) is 5.13 Å². The molecule has 0 aliphatic carbocycles. The molecule has 2 heterocycles. The van der Waals surface area contributed by atoms with Crippen molar-refractivity contribution in [1.29, 1.82) is 0 Å². The largest absolute Gasteiger partial charge is 0.493 e. The number of aryl methyl sites for hydroxylation is 3. The van der Waals surface area contributed by atoms with Crippen LogP contribution in [0.3, 0.4) is 0 Å². The monoisotopic (exact) mass is 324 g/mol. The Kier molecular flexibility index (Phi) is 3.62. The van der Waals surface area contributed by atoms with Crippen molar-refractivity contribution in [2.45, 2.75) is 31.6 Å². The highest BCUT2D eigenvalue weighted by Gasteiger charge is 2.20. The van der Waals surface area contributed by atoms with E-state index < -0.39 is 10.0 Å². The first kappa shape index (κ1) is 14.3. The van der Waals surface area contributed by atoms with Crippen LogP contribution in [0.25, 0.3) is 0 Å². The van der Waals surface area contributed by atoms with Gasteiger partial charge < -0.3 is 4.74 Å². The molecule has 0 saturated carbocycles. The molecule has 0 saturated heterocycles. The van der Waals surface area contributed by atoms with Gasteiger partial charge in [-0.05, 0) is 50.5 Å². The van der Waals surface area contributed by atoms with Gasteiger partial charge in [0.2, 0.25) is 0 Å². The Labute approximate surface area is 128 Å². The third kappa shape index (κ3) is 2.89. The summed E-state index contributed by atoms with van der Waals surface area (Å²) in [5.41, 5.74) is 1.78. The van der Waals surface area contributed by atoms with Gasteiger partial charge >= 0.3 is 0 Å². The maximum atomic E-state index is 12.4. The van der Waals surface area contributed by atoms with Crippen molar-refractivity contribution < 1.29 is 13.2 Å². The molecule has 0 spiro atoms. The minimum absolute atomic E-state index is 0.247. The fourth-order valence-corrected chi connectivity index (χ4v) is 4.29. The summed E-state index contributed by atoms with van der Waals surface area (Å²) in [7, 11) is -3.61. The summed E-state index contributed by atoms with van der Waals surface area (Å²) < 4.78 is 32.9. The molecule has 3 rings (SSSR count). The fraction of sp³-hybridized carbons (Fsp3) is 0.357. The van der Waals surface area contributed by atoms with E-state index in [4.69, 9.17) is 4.74 Å². The van der Waals surface area contributed by atoms with Crippen LogP contribution in [-0.2, 0) is 16.4 Å². The standard InChI is InChI=1S/C14H16N2O3S2/c1-9-10(2)20-14(15-9)16-21(17,18)12-5-6-13-11(8-12)4-3-7-19-13/h5-6,8H,3-4,7H2,1-2H3,(H,15,16). The molecule has 5 nitrogen and oxygen atoms in total. The molecule has 0 bridgehead atoms. The number of nitrogens with zero attached hydrogens (tertiary/aromatic N) is 1. The van der Waals surface area contributed by atoms with E-state index in [1.54, 1.807) is 18.2 Å². The van der Waals surface area contributed by atoms with Gasteiger partial charge in [-0.1, -0.05) is 0 Å². The Bertz CT molecular complexity index is 762. The van der Waals surface area contributed by atoms with Crippen molar-refractivity contribution in [2.75, 3.05) is 11.3 Å². The van der Waals surface area contributed by atoms with Gasteiger partial charge in [0.1, 0.15) is 5.75 Å². The minimum atomic E-state index is -3.61. The zero-order valence-corrected chi connectivity index (χ0v) is 13.5. The van der Waals surface area contributed by atoms with E-state index in [0.29, 0.717) is 11.7 Å². The van der Waals surface area contributed by atoms with E-state index >= 15 is 0 Å². The van der Waals surface area contributed by atoms with Gasteiger partial charge in [-0.15, -0.1) is 11.3 Å². The third-order valence-electron chi connectivity index (χ3n) is 3.44. The summed E-state index contributed by atoms with van der Waals surface area (Å²) in [5, 5.41) is 0.402. The van der Waals surface area contributed by atoms with Crippen molar-refractivity contribution in [1.82, 2.24) is 4.98 Å². The number of thiazole rings is 1. The predicted octanol–water partition coefficient (Wildman–Crippen LogP) is 2.89. The third-order valence-corrected chi connectivity index (χ3v) is 5.89. The molecule has 1 aromatic heterocycles. The van der Waals surface area contributed by atoms with Gasteiger partial charge in [-0.2, -0.15) is 0 Å². The van der Waals surface area contributed by atoms with Crippen molar-refractivity contribution in [3.63, 3.8) is 0 Å². The average molecular weight is 324 g/mol. The van der Waals surface area contributed by atoms with Crippen molar-refractivity contribution >= 4 is 26.5 Å². The lowest BCUT2D eigenvalue weighted by molar-refractivity contribution is 0.288. The fourth-order valence-electron chi connectivity index (χ4n) is 2.19. The number of aromatic nitrogens is 1. The summed E-state index contributed by atoms with van der Waals surface area (Å²) in [6.07, 6.45) is 1.75. The Hall–Kier alpha value is -1.60. The van der Waals surface area contributed by atoms with Crippen LogP contribution < -0.4 is 9.46 Å². The zero-order chi connectivity index (χ0) is 15.0. The molecule has 1 aliphatic rings. The van der Waals surface area contributed by atoms with Crippen LogP contribution in [0.1, 0.15) is 22.6 Å². The molecule has 21 heavy (non-hydrogen) atoms. The Balaban J connectivity index is 1.91. The first-order valence-corrected chi connectivity index (χ1v) is 8.98. The normalized spacial score (nSPS) is 14.4. The van der Waals surface area contributed by atoms with Gasteiger partial charge in [0.05, 0.1) is 17.2 Å². The van der Waals surface area contributed by atoms with E-state index in [1.165, 1.54) is 11.3 Å². The Morgan fingerprint density at radius 2 is 2.14 bits per heavy atom. The molecule has 0 amide bonds. The van der Waals surface area contributed by atoms with Crippen LogP contribution in [-0.4, -0.2) is 20.0 Å². The van der Waals surface area contributed by atoms with E-state index in [2.05, 4.69) is 9.71 Å². The second-order valence-electron chi connectivity index (χ2n) is 4.99. The highest BCUT2D eigenvalue weighted by molar-refractivity contribution is 7.93. The highest BCUT2D eigenvalue weighted by atomic mass is 32.2. The maximum absolute atomic E-state index is 12.4. The zero-order valence-electron chi connectivity index (χ0n) is 11.8. The molecule has 112 valence electrons. The average Bonchev–Trinajstić information content (AvgIpc) is 2.76. The molecule has 0 unspecified atom stereocenters. The van der Waals surface area contributed by atoms with E-state index in [-0.39, 0.29) is 4.90 Å². The molecule has 0 fully saturated rings. The quantitative estimate of drug-likeness (QED) is 0.942. The number of hydrogen-bond donors (Lipinski definition) is 1. The second-order valence-corrected chi connectivity index (χ2v) is 7.87. The topological polar surface area (TPSA) is 68.3 Å². The number of sulfonamides is 1. The van der Waals surface area contributed by atoms with Crippen molar-refractivity contribution in [2.24, 2.45) is 0 Å². The number of anilines is 1. The molecular weight excluding hydrogens is 308 g/mol. The summed E-state index contributed by atoms with van der Waals surface area (Å²) in [5.74, 6) is 0.779. The van der Waals surface area contributed by atoms with E-state index in [1.807, 2.05) is 13.8 Å². The lowest BCUT2D eigenvalue weighted by atomic mass is 10.1. The van der Waals surface area contributed by atoms with Gasteiger partial charge in [0.15, 0.2) is 5.13 Å². The molecule has 1 aromatic carbocycles. The number of benzene rings is 1. The molecule has 1 aliphatic heterocycles. The number of nitrogens with one attached hydrogen (secondary N) is 1. The van der Waals surface area contributed by atoms with E-state index in [0.717, 1.165) is 34.7 Å². The van der Waals surface area contributed by atoms with Crippen molar-refractivity contribution in [3.8, 4) is 5.75 Å². The lowest BCUT2D eigenvalue weighted by Crippen LogP contribution is -2.14. The van der Waals surface area contributed by atoms with Crippen LogP contribution in [0, 0.1) is 13.8 Å². The Morgan fingerprint density at radius 3 is 2.86 bits per heavy atom. The van der Waals surface area contributed by atoms with Gasteiger partial charge in [0.25, 0.3) is 10.0 Å². The number of fused-ring (bicyclic) bond motifs is 1. The summed E-state index contributed by atoms with van der Waals surface area (Å²) >= 11 is 1.34. The van der Waals surface area contributed by atoms with Crippen molar-refractivity contribution in [3.05, 3.63) is 34.3 Å². The number of ether oxygens (including phenoxy) is 1. The minimum Gasteiger partial charge on any atom is -0.493 e. The summed E-state index contributed by atoms with van der Waals surface area (Å²) in [6.45, 7) is 4.47. The molecule has 1 N–H and O–H groups in total.